The molecule has 1 N–H and O–H groups in total. The summed E-state index contributed by atoms with van der Waals surface area (Å²) in [7, 11) is 1.63. The van der Waals surface area contributed by atoms with Gasteiger partial charge in [-0.15, -0.1) is 11.8 Å². The lowest BCUT2D eigenvalue weighted by Gasteiger charge is -2.20. The first kappa shape index (κ1) is 19.0. The largest absolute Gasteiger partial charge is 0.493 e. The number of methoxy groups -OCH3 is 1. The van der Waals surface area contributed by atoms with Crippen LogP contribution < -0.4 is 14.8 Å². The summed E-state index contributed by atoms with van der Waals surface area (Å²) >= 11 is 3.59. The predicted octanol–water partition coefficient (Wildman–Crippen LogP) is 3.74. The highest BCUT2D eigenvalue weighted by Gasteiger charge is 2.21. The molecule has 0 saturated carbocycles. The molecule has 1 aliphatic heterocycles. The fraction of sp³-hybridized carbons (Fsp3) is 0.350. The van der Waals surface area contributed by atoms with E-state index < -0.39 is 0 Å². The molecular weight excluding hydrogens is 366 g/mol. The van der Waals surface area contributed by atoms with E-state index in [1.807, 2.05) is 60.3 Å². The molecule has 138 valence electrons. The fourth-order valence-corrected chi connectivity index (χ4v) is 5.20. The fourth-order valence-electron chi connectivity index (χ4n) is 2.62. The lowest BCUT2D eigenvalue weighted by Crippen LogP contribution is -2.35. The van der Waals surface area contributed by atoms with Gasteiger partial charge in [0.05, 0.1) is 12.4 Å². The van der Waals surface area contributed by atoms with E-state index in [4.69, 9.17) is 9.47 Å². The van der Waals surface area contributed by atoms with Crippen molar-refractivity contribution in [3.63, 3.8) is 0 Å². The molecule has 1 atom stereocenters. The van der Waals surface area contributed by atoms with E-state index >= 15 is 0 Å². The van der Waals surface area contributed by atoms with Crippen LogP contribution in [-0.4, -0.2) is 35.5 Å². The number of thioether (sulfide) groups is 2. The first-order chi connectivity index (χ1) is 12.8. The zero-order valence-electron chi connectivity index (χ0n) is 14.8. The molecule has 1 fully saturated rings. The van der Waals surface area contributed by atoms with Crippen molar-refractivity contribution in [1.82, 2.24) is 5.32 Å². The molecule has 1 unspecified atom stereocenters. The Morgan fingerprint density at radius 2 is 1.96 bits per heavy atom. The summed E-state index contributed by atoms with van der Waals surface area (Å²) < 4.78 is 11.3. The molecule has 1 aliphatic rings. The normalized spacial score (nSPS) is 16.7. The average Bonchev–Trinajstić information content (AvgIpc) is 2.72. The van der Waals surface area contributed by atoms with Crippen LogP contribution in [0.25, 0.3) is 0 Å². The number of hydrogen-bond acceptors (Lipinski definition) is 5. The molecule has 2 aromatic carbocycles. The number of carbonyl (C=O) groups excluding carboxylic acids is 1. The topological polar surface area (TPSA) is 47.6 Å². The second-order valence-electron chi connectivity index (χ2n) is 5.91. The van der Waals surface area contributed by atoms with Crippen LogP contribution in [-0.2, 0) is 17.9 Å². The van der Waals surface area contributed by atoms with Crippen molar-refractivity contribution in [1.29, 1.82) is 0 Å². The van der Waals surface area contributed by atoms with Crippen LogP contribution >= 0.6 is 23.5 Å². The number of rotatable bonds is 7. The Labute approximate surface area is 163 Å². The Bertz CT molecular complexity index is 718. The Morgan fingerprint density at radius 1 is 1.12 bits per heavy atom. The van der Waals surface area contributed by atoms with Gasteiger partial charge in [-0.3, -0.25) is 4.79 Å². The summed E-state index contributed by atoms with van der Waals surface area (Å²) in [5.41, 5.74) is 2.10. The van der Waals surface area contributed by atoms with Crippen molar-refractivity contribution in [2.45, 2.75) is 18.4 Å². The summed E-state index contributed by atoms with van der Waals surface area (Å²) in [6.07, 6.45) is 0. The van der Waals surface area contributed by atoms with E-state index in [2.05, 4.69) is 5.32 Å². The van der Waals surface area contributed by atoms with Crippen LogP contribution in [0.5, 0.6) is 11.5 Å². The maximum atomic E-state index is 12.3. The summed E-state index contributed by atoms with van der Waals surface area (Å²) in [5.74, 6) is 4.57. The third kappa shape index (κ3) is 5.35. The third-order valence-electron chi connectivity index (χ3n) is 4.04. The molecule has 0 bridgehead atoms. The smallest absolute Gasteiger partial charge is 0.234 e. The lowest BCUT2D eigenvalue weighted by molar-refractivity contribution is -0.120. The molecule has 0 aromatic heterocycles. The second kappa shape index (κ2) is 9.78. The Kier molecular flexibility index (Phi) is 7.14. The zero-order valence-corrected chi connectivity index (χ0v) is 16.4. The van der Waals surface area contributed by atoms with Crippen LogP contribution in [0.2, 0.25) is 0 Å². The summed E-state index contributed by atoms with van der Waals surface area (Å²) in [5, 5.41) is 3.09. The van der Waals surface area contributed by atoms with Crippen LogP contribution in [0.3, 0.4) is 0 Å². The molecule has 2 aromatic rings. The van der Waals surface area contributed by atoms with E-state index in [1.165, 1.54) is 0 Å². The highest BCUT2D eigenvalue weighted by atomic mass is 32.2. The Balaban J connectivity index is 1.56. The lowest BCUT2D eigenvalue weighted by atomic mass is 10.2. The molecular formula is C20H23NO3S2. The Hall–Kier alpha value is -1.79. The molecule has 0 aliphatic carbocycles. The first-order valence-electron chi connectivity index (χ1n) is 8.57. The molecule has 3 rings (SSSR count). The standard InChI is InChI=1S/C20H23NO3S2/c1-23-18-11-16(12-21-20(22)19-14-25-9-10-26-19)7-8-17(18)24-13-15-5-3-2-4-6-15/h2-8,11,19H,9-10,12-14H2,1H3,(H,21,22). The van der Waals surface area contributed by atoms with E-state index in [-0.39, 0.29) is 11.2 Å². The van der Waals surface area contributed by atoms with Crippen molar-refractivity contribution in [2.75, 3.05) is 24.4 Å². The molecule has 0 spiro atoms. The predicted molar refractivity (Wildman–Crippen MR) is 109 cm³/mol. The SMILES string of the molecule is COc1cc(CNC(=O)C2CSCCS2)ccc1OCc1ccccc1. The van der Waals surface area contributed by atoms with Gasteiger partial charge in [-0.25, -0.2) is 0 Å². The van der Waals surface area contributed by atoms with Gasteiger partial charge < -0.3 is 14.8 Å². The molecule has 0 radical (unpaired) electrons. The second-order valence-corrected chi connectivity index (χ2v) is 8.37. The van der Waals surface area contributed by atoms with Crippen LogP contribution in [0.15, 0.2) is 48.5 Å². The van der Waals surface area contributed by atoms with Crippen molar-refractivity contribution >= 4 is 29.4 Å². The quantitative estimate of drug-likeness (QED) is 0.782. The molecule has 1 heterocycles. The monoisotopic (exact) mass is 389 g/mol. The van der Waals surface area contributed by atoms with Gasteiger partial charge in [0.25, 0.3) is 0 Å². The van der Waals surface area contributed by atoms with E-state index in [9.17, 15) is 4.79 Å². The molecule has 6 heteroatoms. The zero-order chi connectivity index (χ0) is 18.2. The summed E-state index contributed by atoms with van der Waals surface area (Å²) in [6.45, 7) is 0.986. The van der Waals surface area contributed by atoms with Gasteiger partial charge in [-0.1, -0.05) is 36.4 Å². The van der Waals surface area contributed by atoms with Crippen molar-refractivity contribution < 1.29 is 14.3 Å². The van der Waals surface area contributed by atoms with E-state index in [0.29, 0.717) is 24.7 Å². The van der Waals surface area contributed by atoms with Crippen LogP contribution in [0, 0.1) is 0 Å². The van der Waals surface area contributed by atoms with Crippen molar-refractivity contribution in [2.24, 2.45) is 0 Å². The molecule has 1 saturated heterocycles. The minimum Gasteiger partial charge on any atom is -0.493 e. The van der Waals surface area contributed by atoms with Gasteiger partial charge in [-0.2, -0.15) is 11.8 Å². The van der Waals surface area contributed by atoms with E-state index in [0.717, 1.165) is 28.4 Å². The number of carbonyl (C=O) groups is 1. The first-order valence-corrected chi connectivity index (χ1v) is 10.8. The average molecular weight is 390 g/mol. The van der Waals surface area contributed by atoms with E-state index in [1.54, 1.807) is 18.9 Å². The van der Waals surface area contributed by atoms with Gasteiger partial charge in [0.2, 0.25) is 5.91 Å². The van der Waals surface area contributed by atoms with Gasteiger partial charge in [-0.05, 0) is 23.3 Å². The molecule has 4 nitrogen and oxygen atoms in total. The van der Waals surface area contributed by atoms with Gasteiger partial charge in [0.1, 0.15) is 6.61 Å². The number of ether oxygens (including phenoxy) is 2. The minimum atomic E-state index is 0.0594. The minimum absolute atomic E-state index is 0.0594. The van der Waals surface area contributed by atoms with Crippen LogP contribution in [0.1, 0.15) is 11.1 Å². The maximum absolute atomic E-state index is 12.3. The third-order valence-corrected chi connectivity index (χ3v) is 6.79. The molecule has 26 heavy (non-hydrogen) atoms. The van der Waals surface area contributed by atoms with Crippen molar-refractivity contribution in [3.8, 4) is 11.5 Å². The number of benzene rings is 2. The summed E-state index contributed by atoms with van der Waals surface area (Å²) in [4.78, 5) is 12.3. The van der Waals surface area contributed by atoms with Gasteiger partial charge in [0.15, 0.2) is 11.5 Å². The van der Waals surface area contributed by atoms with Gasteiger partial charge in [0, 0.05) is 23.8 Å². The Morgan fingerprint density at radius 3 is 2.69 bits per heavy atom. The highest BCUT2D eigenvalue weighted by molar-refractivity contribution is 8.07. The van der Waals surface area contributed by atoms with Gasteiger partial charge >= 0.3 is 0 Å². The highest BCUT2D eigenvalue weighted by Crippen LogP contribution is 2.29. The summed E-state index contributed by atoms with van der Waals surface area (Å²) in [6, 6.07) is 15.8. The number of amides is 1. The molecule has 1 amide bonds. The van der Waals surface area contributed by atoms with Crippen LogP contribution in [0.4, 0.5) is 0 Å². The number of nitrogens with one attached hydrogen (secondary N) is 1. The maximum Gasteiger partial charge on any atom is 0.234 e. The number of hydrogen-bond donors (Lipinski definition) is 1. The van der Waals surface area contributed by atoms with Crippen molar-refractivity contribution in [3.05, 3.63) is 59.7 Å².